The van der Waals surface area contributed by atoms with E-state index in [-0.39, 0.29) is 18.4 Å². The summed E-state index contributed by atoms with van der Waals surface area (Å²) < 4.78 is 0. The van der Waals surface area contributed by atoms with Crippen LogP contribution in [0.3, 0.4) is 0 Å². The Morgan fingerprint density at radius 2 is 2.12 bits per heavy atom. The normalized spacial score (nSPS) is 17.6. The minimum atomic E-state index is -0.627. The fraction of sp³-hybridized carbons (Fsp3) is 0.417. The van der Waals surface area contributed by atoms with E-state index >= 15 is 0 Å². The van der Waals surface area contributed by atoms with Crippen LogP contribution in [0.1, 0.15) is 11.7 Å². The van der Waals surface area contributed by atoms with Gasteiger partial charge in [0.15, 0.2) is 0 Å². The van der Waals surface area contributed by atoms with Gasteiger partial charge in [0.2, 0.25) is 5.91 Å². The number of hydrogen-bond donors (Lipinski definition) is 3. The summed E-state index contributed by atoms with van der Waals surface area (Å²) in [7, 11) is 0. The molecule has 1 aliphatic rings. The van der Waals surface area contributed by atoms with Crippen LogP contribution in [0.5, 0.6) is 0 Å². The second kappa shape index (κ2) is 5.09. The smallest absolute Gasteiger partial charge is 0.225 e. The van der Waals surface area contributed by atoms with E-state index in [0.29, 0.717) is 0 Å². The molecule has 2 rings (SSSR count). The lowest BCUT2D eigenvalue weighted by atomic mass is 10.0. The number of aliphatic hydroxyl groups is 1. The Bertz CT molecular complexity index is 349. The van der Waals surface area contributed by atoms with Crippen molar-refractivity contribution in [2.75, 3.05) is 19.6 Å². The molecule has 1 unspecified atom stereocenters. The average Bonchev–Trinajstić information content (AvgIpc) is 2.25. The summed E-state index contributed by atoms with van der Waals surface area (Å²) in [5.41, 5.74) is 0.828. The first-order valence-corrected chi connectivity index (χ1v) is 5.49. The molecule has 1 aromatic rings. The van der Waals surface area contributed by atoms with Crippen LogP contribution in [0.15, 0.2) is 30.3 Å². The topological polar surface area (TPSA) is 61.4 Å². The molecule has 86 valence electrons. The summed E-state index contributed by atoms with van der Waals surface area (Å²) in [6, 6.07) is 9.34. The van der Waals surface area contributed by atoms with Gasteiger partial charge in [0, 0.05) is 19.6 Å². The van der Waals surface area contributed by atoms with Crippen molar-refractivity contribution in [3.05, 3.63) is 35.9 Å². The van der Waals surface area contributed by atoms with Gasteiger partial charge in [-0.05, 0) is 5.56 Å². The van der Waals surface area contributed by atoms with Gasteiger partial charge in [0.1, 0.15) is 0 Å². The molecular formula is C12H16N2O2. The van der Waals surface area contributed by atoms with E-state index in [4.69, 9.17) is 0 Å². The number of aliphatic hydroxyl groups excluding tert-OH is 1. The number of carbonyl (C=O) groups is 1. The summed E-state index contributed by atoms with van der Waals surface area (Å²) in [5, 5.41) is 15.6. The van der Waals surface area contributed by atoms with Gasteiger partial charge in [-0.3, -0.25) is 4.79 Å². The highest BCUT2D eigenvalue weighted by atomic mass is 16.3. The summed E-state index contributed by atoms with van der Waals surface area (Å²) in [6.45, 7) is 1.76. The molecule has 0 bridgehead atoms. The van der Waals surface area contributed by atoms with Crippen molar-refractivity contribution in [2.45, 2.75) is 6.10 Å². The molecule has 1 amide bonds. The van der Waals surface area contributed by atoms with Gasteiger partial charge in [-0.2, -0.15) is 0 Å². The number of carbonyl (C=O) groups excluding carboxylic acids is 1. The molecule has 0 aliphatic carbocycles. The number of hydrogen-bond acceptors (Lipinski definition) is 3. The molecule has 16 heavy (non-hydrogen) atoms. The van der Waals surface area contributed by atoms with Crippen molar-refractivity contribution in [1.82, 2.24) is 10.6 Å². The van der Waals surface area contributed by atoms with Gasteiger partial charge in [0.25, 0.3) is 0 Å². The zero-order chi connectivity index (χ0) is 11.4. The third-order valence-corrected chi connectivity index (χ3v) is 2.81. The zero-order valence-electron chi connectivity index (χ0n) is 9.02. The molecule has 1 fully saturated rings. The van der Waals surface area contributed by atoms with E-state index in [1.807, 2.05) is 30.3 Å². The Kier molecular flexibility index (Phi) is 3.54. The Balaban J connectivity index is 1.79. The molecule has 0 radical (unpaired) electrons. The molecule has 0 saturated carbocycles. The van der Waals surface area contributed by atoms with Crippen LogP contribution in [0.4, 0.5) is 0 Å². The maximum Gasteiger partial charge on any atom is 0.225 e. The summed E-state index contributed by atoms with van der Waals surface area (Å²) in [5.74, 6) is 0.0942. The molecule has 4 heteroatoms. The number of rotatable bonds is 4. The van der Waals surface area contributed by atoms with Crippen LogP contribution < -0.4 is 10.6 Å². The second-order valence-electron chi connectivity index (χ2n) is 4.03. The van der Waals surface area contributed by atoms with Gasteiger partial charge in [-0.15, -0.1) is 0 Å². The van der Waals surface area contributed by atoms with Gasteiger partial charge in [-0.25, -0.2) is 0 Å². The van der Waals surface area contributed by atoms with E-state index in [9.17, 15) is 9.90 Å². The SMILES string of the molecule is O=C(NCC(O)c1ccccc1)C1CNC1. The minimum absolute atomic E-state index is 0.0220. The first-order chi connectivity index (χ1) is 7.77. The Morgan fingerprint density at radius 1 is 1.44 bits per heavy atom. The summed E-state index contributed by atoms with van der Waals surface area (Å²) in [4.78, 5) is 11.5. The van der Waals surface area contributed by atoms with Crippen LogP contribution in [0.25, 0.3) is 0 Å². The van der Waals surface area contributed by atoms with E-state index in [1.54, 1.807) is 0 Å². The summed E-state index contributed by atoms with van der Waals surface area (Å²) in [6.07, 6.45) is -0.627. The monoisotopic (exact) mass is 220 g/mol. The number of nitrogens with one attached hydrogen (secondary N) is 2. The highest BCUT2D eigenvalue weighted by Gasteiger charge is 2.24. The first kappa shape index (κ1) is 11.1. The molecule has 0 aromatic heterocycles. The second-order valence-corrected chi connectivity index (χ2v) is 4.03. The fourth-order valence-corrected chi connectivity index (χ4v) is 1.61. The van der Waals surface area contributed by atoms with Crippen molar-refractivity contribution in [1.29, 1.82) is 0 Å². The first-order valence-electron chi connectivity index (χ1n) is 5.49. The molecular weight excluding hydrogens is 204 g/mol. The quantitative estimate of drug-likeness (QED) is 0.672. The van der Waals surface area contributed by atoms with E-state index in [0.717, 1.165) is 18.7 Å². The molecule has 3 N–H and O–H groups in total. The zero-order valence-corrected chi connectivity index (χ0v) is 9.02. The standard InChI is InChI=1S/C12H16N2O2/c15-11(9-4-2-1-3-5-9)8-14-12(16)10-6-13-7-10/h1-5,10-11,13,15H,6-8H2,(H,14,16). The van der Waals surface area contributed by atoms with E-state index < -0.39 is 6.10 Å². The third-order valence-electron chi connectivity index (χ3n) is 2.81. The average molecular weight is 220 g/mol. The minimum Gasteiger partial charge on any atom is -0.387 e. The van der Waals surface area contributed by atoms with Gasteiger partial charge in [0.05, 0.1) is 12.0 Å². The lowest BCUT2D eigenvalue weighted by Gasteiger charge is -2.26. The fourth-order valence-electron chi connectivity index (χ4n) is 1.61. The molecule has 1 aliphatic heterocycles. The number of amides is 1. The maximum atomic E-state index is 11.5. The molecule has 1 saturated heterocycles. The van der Waals surface area contributed by atoms with Crippen molar-refractivity contribution in [3.63, 3.8) is 0 Å². The summed E-state index contributed by atoms with van der Waals surface area (Å²) >= 11 is 0. The largest absolute Gasteiger partial charge is 0.387 e. The third kappa shape index (κ3) is 2.59. The molecule has 0 spiro atoms. The van der Waals surface area contributed by atoms with Crippen LogP contribution in [0, 0.1) is 5.92 Å². The van der Waals surface area contributed by atoms with E-state index in [1.165, 1.54) is 0 Å². The van der Waals surface area contributed by atoms with Gasteiger partial charge < -0.3 is 15.7 Å². The Hall–Kier alpha value is -1.39. The van der Waals surface area contributed by atoms with E-state index in [2.05, 4.69) is 10.6 Å². The van der Waals surface area contributed by atoms with Crippen molar-refractivity contribution in [2.24, 2.45) is 5.92 Å². The molecule has 1 atom stereocenters. The van der Waals surface area contributed by atoms with Crippen molar-refractivity contribution >= 4 is 5.91 Å². The van der Waals surface area contributed by atoms with Crippen LogP contribution in [0.2, 0.25) is 0 Å². The van der Waals surface area contributed by atoms with Gasteiger partial charge >= 0.3 is 0 Å². The lowest BCUT2D eigenvalue weighted by molar-refractivity contribution is -0.126. The molecule has 1 aromatic carbocycles. The predicted molar refractivity (Wildman–Crippen MR) is 60.8 cm³/mol. The van der Waals surface area contributed by atoms with Crippen molar-refractivity contribution in [3.8, 4) is 0 Å². The lowest BCUT2D eigenvalue weighted by Crippen LogP contribution is -2.51. The maximum absolute atomic E-state index is 11.5. The predicted octanol–water partition coefficient (Wildman–Crippen LogP) is 0.0556. The highest BCUT2D eigenvalue weighted by molar-refractivity contribution is 5.80. The van der Waals surface area contributed by atoms with Crippen LogP contribution in [-0.4, -0.2) is 30.6 Å². The van der Waals surface area contributed by atoms with Crippen LogP contribution >= 0.6 is 0 Å². The van der Waals surface area contributed by atoms with Gasteiger partial charge in [-0.1, -0.05) is 30.3 Å². The molecule has 1 heterocycles. The Labute approximate surface area is 94.7 Å². The van der Waals surface area contributed by atoms with Crippen LogP contribution in [-0.2, 0) is 4.79 Å². The number of benzene rings is 1. The Morgan fingerprint density at radius 3 is 2.69 bits per heavy atom. The highest BCUT2D eigenvalue weighted by Crippen LogP contribution is 2.11. The van der Waals surface area contributed by atoms with Crippen molar-refractivity contribution < 1.29 is 9.90 Å². The molecule has 4 nitrogen and oxygen atoms in total.